The summed E-state index contributed by atoms with van der Waals surface area (Å²) in [6.07, 6.45) is 1.36. The van der Waals surface area contributed by atoms with Gasteiger partial charge in [-0.3, -0.25) is 9.59 Å². The third-order valence-electron chi connectivity index (χ3n) is 0.906. The summed E-state index contributed by atoms with van der Waals surface area (Å²) in [6.45, 7) is 1.50. The van der Waals surface area contributed by atoms with E-state index in [-0.39, 0.29) is 5.97 Å². The number of nitrogens with one attached hydrogen (secondary N) is 1. The number of rotatable bonds is 5. The maximum absolute atomic E-state index is 10.4. The Morgan fingerprint density at radius 3 is 2.90 bits per heavy atom. The summed E-state index contributed by atoms with van der Waals surface area (Å²) in [4.78, 5) is 20.1. The molecule has 1 N–H and O–H groups in total. The van der Waals surface area contributed by atoms with Crippen LogP contribution in [0.5, 0.6) is 0 Å². The first kappa shape index (κ1) is 8.94. The summed E-state index contributed by atoms with van der Waals surface area (Å²) >= 11 is 0. The first-order valence-electron chi connectivity index (χ1n) is 2.89. The van der Waals surface area contributed by atoms with Gasteiger partial charge in [0.15, 0.2) is 0 Å². The molecular formula is C6H10NO3. The van der Waals surface area contributed by atoms with Gasteiger partial charge >= 0.3 is 5.97 Å². The molecule has 0 aromatic carbocycles. The highest BCUT2D eigenvalue weighted by atomic mass is 16.5. The third-order valence-corrected chi connectivity index (χ3v) is 0.906. The number of hydrogen-bond acceptors (Lipinski definition) is 3. The van der Waals surface area contributed by atoms with Crippen LogP contribution >= 0.6 is 0 Å². The molecular weight excluding hydrogens is 134 g/mol. The summed E-state index contributed by atoms with van der Waals surface area (Å²) in [6, 6.07) is 0. The van der Waals surface area contributed by atoms with Crippen LogP contribution in [0.15, 0.2) is 0 Å². The van der Waals surface area contributed by atoms with Crippen LogP contribution in [0.2, 0.25) is 0 Å². The maximum Gasteiger partial charge on any atom is 0.305 e. The molecule has 0 aliphatic rings. The zero-order valence-corrected chi connectivity index (χ0v) is 5.79. The normalized spacial score (nSPS) is 8.50. The fraction of sp³-hybridized carbons (Fsp3) is 0.500. The van der Waals surface area contributed by atoms with Crippen LogP contribution in [0.4, 0.5) is 0 Å². The van der Waals surface area contributed by atoms with Crippen LogP contribution in [0, 0.1) is 6.54 Å². The van der Waals surface area contributed by atoms with Gasteiger partial charge in [-0.2, -0.15) is 0 Å². The molecule has 0 aliphatic heterocycles. The van der Waals surface area contributed by atoms with Gasteiger partial charge in [0.1, 0.15) is 0 Å². The van der Waals surface area contributed by atoms with E-state index >= 15 is 0 Å². The molecule has 0 bridgehead atoms. The van der Waals surface area contributed by atoms with E-state index in [1.807, 2.05) is 0 Å². The molecule has 4 nitrogen and oxygen atoms in total. The van der Waals surface area contributed by atoms with Crippen molar-refractivity contribution in [3.05, 3.63) is 6.54 Å². The van der Waals surface area contributed by atoms with Crippen molar-refractivity contribution in [1.82, 2.24) is 5.32 Å². The number of esters is 1. The second-order valence-corrected chi connectivity index (χ2v) is 1.60. The molecule has 0 saturated heterocycles. The predicted molar refractivity (Wildman–Crippen MR) is 34.7 cm³/mol. The average molecular weight is 144 g/mol. The van der Waals surface area contributed by atoms with Crippen LogP contribution in [0.3, 0.4) is 0 Å². The number of carbonyl (C=O) groups is 2. The first-order chi connectivity index (χ1) is 4.81. The van der Waals surface area contributed by atoms with E-state index in [9.17, 15) is 9.59 Å². The SMILES string of the molecule is COC(=O)CC[CH]NC=O. The number of carbonyl (C=O) groups excluding carboxylic acids is 2. The fourth-order valence-corrected chi connectivity index (χ4v) is 0.424. The minimum Gasteiger partial charge on any atom is -0.469 e. The van der Waals surface area contributed by atoms with Gasteiger partial charge in [0.2, 0.25) is 6.41 Å². The Bertz CT molecular complexity index is 114. The summed E-state index contributed by atoms with van der Waals surface area (Å²) in [5, 5.41) is 2.31. The molecule has 0 aliphatic carbocycles. The zero-order valence-electron chi connectivity index (χ0n) is 5.79. The van der Waals surface area contributed by atoms with Crippen molar-refractivity contribution in [3.8, 4) is 0 Å². The molecule has 0 atom stereocenters. The second-order valence-electron chi connectivity index (χ2n) is 1.60. The number of amides is 1. The summed E-state index contributed by atoms with van der Waals surface area (Å²) in [5.74, 6) is -0.274. The quantitative estimate of drug-likeness (QED) is 0.331. The van der Waals surface area contributed by atoms with E-state index in [1.54, 1.807) is 0 Å². The van der Waals surface area contributed by atoms with Crippen LogP contribution in [-0.4, -0.2) is 19.5 Å². The van der Waals surface area contributed by atoms with Crippen molar-refractivity contribution in [3.63, 3.8) is 0 Å². The Balaban J connectivity index is 3.03. The van der Waals surface area contributed by atoms with Crippen molar-refractivity contribution < 1.29 is 14.3 Å². The van der Waals surface area contributed by atoms with Crippen LogP contribution in [0.25, 0.3) is 0 Å². The van der Waals surface area contributed by atoms with Gasteiger partial charge in [-0.05, 0) is 6.42 Å². The number of methoxy groups -OCH3 is 1. The molecule has 10 heavy (non-hydrogen) atoms. The van der Waals surface area contributed by atoms with E-state index in [0.29, 0.717) is 19.3 Å². The van der Waals surface area contributed by atoms with E-state index in [4.69, 9.17) is 0 Å². The Hall–Kier alpha value is -1.06. The predicted octanol–water partition coefficient (Wildman–Crippen LogP) is -0.153. The molecule has 57 valence electrons. The molecule has 0 unspecified atom stereocenters. The van der Waals surface area contributed by atoms with Crippen molar-refractivity contribution in [2.75, 3.05) is 7.11 Å². The van der Waals surface area contributed by atoms with Crippen LogP contribution in [-0.2, 0) is 14.3 Å². The molecule has 0 spiro atoms. The minimum atomic E-state index is -0.274. The third kappa shape index (κ3) is 5.08. The average Bonchev–Trinajstić information content (AvgIpc) is 1.98. The Morgan fingerprint density at radius 2 is 2.40 bits per heavy atom. The first-order valence-corrected chi connectivity index (χ1v) is 2.89. The standard InChI is InChI=1S/C6H10NO3/c1-10-6(9)3-2-4-7-5-8/h4-5H,2-3H2,1H3,(H,7,8). The molecule has 1 radical (unpaired) electrons. The van der Waals surface area contributed by atoms with Gasteiger partial charge in [-0.25, -0.2) is 0 Å². The lowest BCUT2D eigenvalue weighted by atomic mass is 10.3. The van der Waals surface area contributed by atoms with Crippen molar-refractivity contribution >= 4 is 12.4 Å². The summed E-state index contributed by atoms with van der Waals surface area (Å²) in [5.41, 5.74) is 0. The molecule has 0 fully saturated rings. The highest BCUT2D eigenvalue weighted by Crippen LogP contribution is 1.91. The van der Waals surface area contributed by atoms with Gasteiger partial charge in [0.25, 0.3) is 0 Å². The van der Waals surface area contributed by atoms with Gasteiger partial charge in [0.05, 0.1) is 7.11 Å². The van der Waals surface area contributed by atoms with Crippen molar-refractivity contribution in [2.24, 2.45) is 0 Å². The molecule has 0 aromatic rings. The smallest absolute Gasteiger partial charge is 0.305 e. The van der Waals surface area contributed by atoms with Crippen LogP contribution in [0.1, 0.15) is 12.8 Å². The Kier molecular flexibility index (Phi) is 5.42. The van der Waals surface area contributed by atoms with E-state index in [2.05, 4.69) is 10.1 Å². The highest BCUT2D eigenvalue weighted by Gasteiger charge is 1.97. The molecule has 0 rings (SSSR count). The maximum atomic E-state index is 10.4. The Morgan fingerprint density at radius 1 is 1.70 bits per heavy atom. The van der Waals surface area contributed by atoms with E-state index in [0.717, 1.165) is 0 Å². The largest absolute Gasteiger partial charge is 0.469 e. The molecule has 1 amide bonds. The summed E-state index contributed by atoms with van der Waals surface area (Å²) < 4.78 is 4.36. The fourth-order valence-electron chi connectivity index (χ4n) is 0.424. The van der Waals surface area contributed by atoms with Gasteiger partial charge in [-0.15, -0.1) is 0 Å². The highest BCUT2D eigenvalue weighted by molar-refractivity contribution is 5.69. The number of ether oxygens (including phenoxy) is 1. The zero-order chi connectivity index (χ0) is 7.82. The topological polar surface area (TPSA) is 55.4 Å². The van der Waals surface area contributed by atoms with Crippen molar-refractivity contribution in [1.29, 1.82) is 0 Å². The lowest BCUT2D eigenvalue weighted by Crippen LogP contribution is -2.08. The van der Waals surface area contributed by atoms with Gasteiger partial charge in [-0.1, -0.05) is 0 Å². The van der Waals surface area contributed by atoms with Crippen molar-refractivity contribution in [2.45, 2.75) is 12.8 Å². The number of hydrogen-bond donors (Lipinski definition) is 1. The summed E-state index contributed by atoms with van der Waals surface area (Å²) in [7, 11) is 1.33. The second kappa shape index (κ2) is 6.07. The lowest BCUT2D eigenvalue weighted by molar-refractivity contribution is -0.140. The van der Waals surface area contributed by atoms with Crippen LogP contribution < -0.4 is 5.32 Å². The monoisotopic (exact) mass is 144 g/mol. The molecule has 4 heteroatoms. The van der Waals surface area contributed by atoms with E-state index < -0.39 is 0 Å². The molecule has 0 saturated carbocycles. The van der Waals surface area contributed by atoms with E-state index in [1.165, 1.54) is 13.7 Å². The minimum absolute atomic E-state index is 0.274. The lowest BCUT2D eigenvalue weighted by Gasteiger charge is -1.96. The molecule has 0 heterocycles. The Labute approximate surface area is 59.6 Å². The van der Waals surface area contributed by atoms with Gasteiger partial charge < -0.3 is 10.1 Å². The molecule has 0 aromatic heterocycles. The van der Waals surface area contributed by atoms with Gasteiger partial charge in [0, 0.05) is 13.0 Å².